The van der Waals surface area contributed by atoms with Crippen LogP contribution in [0, 0.1) is 0 Å². The van der Waals surface area contributed by atoms with Crippen LogP contribution in [0.3, 0.4) is 0 Å². The number of anilines is 3. The third kappa shape index (κ3) is 2.55. The number of piperazine rings is 1. The molecule has 0 aliphatic carbocycles. The lowest BCUT2D eigenvalue weighted by Gasteiger charge is -2.26. The van der Waals surface area contributed by atoms with Crippen LogP contribution in [0.1, 0.15) is 0 Å². The average Bonchev–Trinajstić information content (AvgIpc) is 3.17. The van der Waals surface area contributed by atoms with Gasteiger partial charge in [0.1, 0.15) is 0 Å². The summed E-state index contributed by atoms with van der Waals surface area (Å²) in [5.41, 5.74) is 2.02. The number of H-pyrrole nitrogens is 1. The van der Waals surface area contributed by atoms with Gasteiger partial charge in [-0.3, -0.25) is 5.10 Å². The standard InChI is InChI=1S/C13H15N7S/c1-2-11-9(8-15-17-11)7-10(1)16-12-18-19-13(21-12)20-5-3-14-4-6-20/h1-2,7-8,14H,3-6H2,(H,15,17)(H,16,18). The maximum atomic E-state index is 4.27. The van der Waals surface area contributed by atoms with E-state index >= 15 is 0 Å². The molecule has 3 aromatic rings. The number of benzene rings is 1. The number of nitrogens with zero attached hydrogens (tertiary/aromatic N) is 4. The second kappa shape index (κ2) is 5.30. The summed E-state index contributed by atoms with van der Waals surface area (Å²) in [7, 11) is 0. The molecule has 2 aromatic heterocycles. The molecule has 0 radical (unpaired) electrons. The summed E-state index contributed by atoms with van der Waals surface area (Å²) >= 11 is 1.58. The zero-order chi connectivity index (χ0) is 14.1. The fourth-order valence-electron chi connectivity index (χ4n) is 2.39. The monoisotopic (exact) mass is 301 g/mol. The summed E-state index contributed by atoms with van der Waals surface area (Å²) < 4.78 is 0. The zero-order valence-corrected chi connectivity index (χ0v) is 12.2. The number of hydrogen-bond donors (Lipinski definition) is 3. The first-order valence-electron chi connectivity index (χ1n) is 6.88. The van der Waals surface area contributed by atoms with Crippen LogP contribution in [0.25, 0.3) is 10.9 Å². The van der Waals surface area contributed by atoms with E-state index in [1.54, 1.807) is 11.3 Å². The molecule has 4 rings (SSSR count). The van der Waals surface area contributed by atoms with Gasteiger partial charge in [-0.2, -0.15) is 5.10 Å². The maximum absolute atomic E-state index is 4.27. The Kier molecular flexibility index (Phi) is 3.17. The van der Waals surface area contributed by atoms with Gasteiger partial charge in [0.25, 0.3) is 0 Å². The Morgan fingerprint density at radius 3 is 3.00 bits per heavy atom. The van der Waals surface area contributed by atoms with Crippen molar-refractivity contribution >= 4 is 38.2 Å². The molecule has 0 spiro atoms. The van der Waals surface area contributed by atoms with E-state index in [1.165, 1.54) is 0 Å². The summed E-state index contributed by atoms with van der Waals surface area (Å²) in [6, 6.07) is 6.06. The van der Waals surface area contributed by atoms with E-state index in [9.17, 15) is 0 Å². The van der Waals surface area contributed by atoms with E-state index in [4.69, 9.17) is 0 Å². The van der Waals surface area contributed by atoms with Crippen LogP contribution in [-0.4, -0.2) is 46.6 Å². The van der Waals surface area contributed by atoms with Gasteiger partial charge in [-0.25, -0.2) is 0 Å². The minimum absolute atomic E-state index is 0.811. The minimum atomic E-state index is 0.811. The van der Waals surface area contributed by atoms with E-state index in [0.717, 1.165) is 53.0 Å². The Morgan fingerprint density at radius 2 is 2.10 bits per heavy atom. The number of hydrogen-bond acceptors (Lipinski definition) is 7. The summed E-state index contributed by atoms with van der Waals surface area (Å²) in [6.45, 7) is 3.96. The quantitative estimate of drug-likeness (QED) is 0.681. The fourth-order valence-corrected chi connectivity index (χ4v) is 3.21. The Labute approximate surface area is 125 Å². The molecule has 7 nitrogen and oxygen atoms in total. The second-order valence-electron chi connectivity index (χ2n) is 4.92. The first-order valence-corrected chi connectivity index (χ1v) is 7.69. The second-order valence-corrected chi connectivity index (χ2v) is 5.88. The molecule has 3 heterocycles. The maximum Gasteiger partial charge on any atom is 0.211 e. The van der Waals surface area contributed by atoms with E-state index in [-0.39, 0.29) is 0 Å². The van der Waals surface area contributed by atoms with Crippen molar-refractivity contribution in [3.63, 3.8) is 0 Å². The molecule has 21 heavy (non-hydrogen) atoms. The predicted octanol–water partition coefficient (Wildman–Crippen LogP) is 1.57. The zero-order valence-electron chi connectivity index (χ0n) is 11.3. The Morgan fingerprint density at radius 1 is 1.19 bits per heavy atom. The van der Waals surface area contributed by atoms with Gasteiger partial charge in [-0.05, 0) is 18.2 Å². The highest BCUT2D eigenvalue weighted by molar-refractivity contribution is 7.19. The Hall–Kier alpha value is -2.19. The summed E-state index contributed by atoms with van der Waals surface area (Å²) in [4.78, 5) is 2.26. The van der Waals surface area contributed by atoms with Gasteiger partial charge in [-0.1, -0.05) is 11.3 Å². The van der Waals surface area contributed by atoms with E-state index < -0.39 is 0 Å². The first kappa shape index (κ1) is 12.5. The van der Waals surface area contributed by atoms with Crippen molar-refractivity contribution in [2.75, 3.05) is 36.4 Å². The van der Waals surface area contributed by atoms with Crippen molar-refractivity contribution in [2.24, 2.45) is 0 Å². The number of fused-ring (bicyclic) bond motifs is 1. The van der Waals surface area contributed by atoms with Crippen LogP contribution in [-0.2, 0) is 0 Å². The van der Waals surface area contributed by atoms with Gasteiger partial charge in [0.2, 0.25) is 10.3 Å². The van der Waals surface area contributed by atoms with Crippen LogP contribution in [0.4, 0.5) is 16.0 Å². The normalized spacial score (nSPS) is 15.5. The SMILES string of the molecule is c1cc2[nH]ncc2cc1Nc1nnc(N2CCNCC2)s1. The molecule has 1 fully saturated rings. The fraction of sp³-hybridized carbons (Fsp3) is 0.308. The molecule has 0 bridgehead atoms. The molecule has 0 saturated carbocycles. The lowest BCUT2D eigenvalue weighted by atomic mass is 10.2. The van der Waals surface area contributed by atoms with Gasteiger partial charge >= 0.3 is 0 Å². The third-order valence-electron chi connectivity index (χ3n) is 3.49. The predicted molar refractivity (Wildman–Crippen MR) is 84.4 cm³/mol. The molecular weight excluding hydrogens is 286 g/mol. The molecule has 1 aromatic carbocycles. The highest BCUT2D eigenvalue weighted by Gasteiger charge is 2.15. The van der Waals surface area contributed by atoms with Gasteiger partial charge in [0, 0.05) is 37.3 Å². The van der Waals surface area contributed by atoms with Crippen LogP contribution in [0.2, 0.25) is 0 Å². The van der Waals surface area contributed by atoms with Gasteiger partial charge < -0.3 is 15.5 Å². The molecule has 1 aliphatic heterocycles. The van der Waals surface area contributed by atoms with Crippen molar-refractivity contribution in [2.45, 2.75) is 0 Å². The highest BCUT2D eigenvalue weighted by atomic mass is 32.1. The van der Waals surface area contributed by atoms with Crippen LogP contribution in [0.15, 0.2) is 24.4 Å². The molecular formula is C13H15N7S. The molecule has 108 valence electrons. The Bertz CT molecular complexity index is 744. The van der Waals surface area contributed by atoms with Crippen LogP contribution >= 0.6 is 11.3 Å². The van der Waals surface area contributed by atoms with Crippen molar-refractivity contribution in [1.29, 1.82) is 0 Å². The molecule has 0 atom stereocenters. The topological polar surface area (TPSA) is 81.8 Å². The van der Waals surface area contributed by atoms with Crippen LogP contribution < -0.4 is 15.5 Å². The first-order chi connectivity index (χ1) is 10.4. The minimum Gasteiger partial charge on any atom is -0.344 e. The average molecular weight is 301 g/mol. The molecule has 3 N–H and O–H groups in total. The van der Waals surface area contributed by atoms with E-state index in [0.29, 0.717) is 0 Å². The largest absolute Gasteiger partial charge is 0.344 e. The number of nitrogens with one attached hydrogen (secondary N) is 3. The summed E-state index contributed by atoms with van der Waals surface area (Å²) in [6.07, 6.45) is 1.81. The van der Waals surface area contributed by atoms with Crippen molar-refractivity contribution < 1.29 is 0 Å². The van der Waals surface area contributed by atoms with Gasteiger partial charge in [0.05, 0.1) is 11.7 Å². The number of rotatable bonds is 3. The molecule has 1 aliphatic rings. The van der Waals surface area contributed by atoms with Gasteiger partial charge in [0.15, 0.2) is 0 Å². The smallest absolute Gasteiger partial charge is 0.211 e. The summed E-state index contributed by atoms with van der Waals surface area (Å²) in [5, 5.41) is 25.0. The molecule has 0 unspecified atom stereocenters. The highest BCUT2D eigenvalue weighted by Crippen LogP contribution is 2.27. The lowest BCUT2D eigenvalue weighted by molar-refractivity contribution is 0.587. The molecule has 1 saturated heterocycles. The molecule has 0 amide bonds. The van der Waals surface area contributed by atoms with Crippen molar-refractivity contribution in [3.8, 4) is 0 Å². The van der Waals surface area contributed by atoms with Crippen molar-refractivity contribution in [3.05, 3.63) is 24.4 Å². The number of aromatic amines is 1. The molecule has 8 heteroatoms. The number of aromatic nitrogens is 4. The van der Waals surface area contributed by atoms with Crippen molar-refractivity contribution in [1.82, 2.24) is 25.7 Å². The Balaban J connectivity index is 1.52. The lowest BCUT2D eigenvalue weighted by Crippen LogP contribution is -2.43. The van der Waals surface area contributed by atoms with Gasteiger partial charge in [-0.15, -0.1) is 10.2 Å². The van der Waals surface area contributed by atoms with E-state index in [2.05, 4.69) is 35.9 Å². The van der Waals surface area contributed by atoms with E-state index in [1.807, 2.05) is 24.4 Å². The third-order valence-corrected chi connectivity index (χ3v) is 4.39. The summed E-state index contributed by atoms with van der Waals surface area (Å²) in [5.74, 6) is 0. The van der Waals surface area contributed by atoms with Crippen LogP contribution in [0.5, 0.6) is 0 Å².